The van der Waals surface area contributed by atoms with Crippen molar-refractivity contribution in [3.05, 3.63) is 99.2 Å². The Morgan fingerprint density at radius 2 is 1.80 bits per heavy atom. The predicted molar refractivity (Wildman–Crippen MR) is 152 cm³/mol. The Morgan fingerprint density at radius 3 is 2.51 bits per heavy atom. The van der Waals surface area contributed by atoms with Gasteiger partial charge in [-0.3, -0.25) is 9.59 Å². The van der Waals surface area contributed by atoms with Crippen molar-refractivity contribution in [1.82, 2.24) is 14.7 Å². The molecular formula is C30H30FN3O6S. The molecule has 11 heteroatoms. The van der Waals surface area contributed by atoms with Crippen molar-refractivity contribution in [2.45, 2.75) is 39.5 Å². The van der Waals surface area contributed by atoms with E-state index in [1.807, 2.05) is 45.4 Å². The van der Waals surface area contributed by atoms with E-state index >= 15 is 0 Å². The maximum absolute atomic E-state index is 15.0. The van der Waals surface area contributed by atoms with Crippen molar-refractivity contribution in [3.63, 3.8) is 0 Å². The lowest BCUT2D eigenvalue weighted by molar-refractivity contribution is 0.0978. The zero-order valence-electron chi connectivity index (χ0n) is 23.2. The predicted octanol–water partition coefficient (Wildman–Crippen LogP) is 5.45. The lowest BCUT2D eigenvalue weighted by atomic mass is 10.0. The first-order valence-electron chi connectivity index (χ1n) is 12.8. The maximum Gasteiger partial charge on any atom is 0.270 e. The first kappa shape index (κ1) is 29.5. The number of aromatic nitrogens is 2. The molecule has 0 spiro atoms. The molecular weight excluding hydrogens is 549 g/mol. The number of sulfonamides is 1. The zero-order valence-corrected chi connectivity index (χ0v) is 24.1. The number of benzene rings is 2. The second kappa shape index (κ2) is 11.9. The van der Waals surface area contributed by atoms with Gasteiger partial charge in [-0.1, -0.05) is 19.9 Å². The molecule has 2 aromatic carbocycles. The number of halogens is 1. The average molecular weight is 580 g/mol. The van der Waals surface area contributed by atoms with Crippen LogP contribution in [0.3, 0.4) is 0 Å². The van der Waals surface area contributed by atoms with E-state index in [9.17, 15) is 22.4 Å². The van der Waals surface area contributed by atoms with Crippen LogP contribution in [0, 0.1) is 32.5 Å². The van der Waals surface area contributed by atoms with Gasteiger partial charge in [-0.15, -0.1) is 0 Å². The Kier molecular flexibility index (Phi) is 8.57. The van der Waals surface area contributed by atoms with Gasteiger partial charge in [0.1, 0.15) is 22.9 Å². The van der Waals surface area contributed by atoms with Crippen LogP contribution in [0.2, 0.25) is 0 Å². The highest BCUT2D eigenvalue weighted by molar-refractivity contribution is 7.90. The number of nitrogens with one attached hydrogen (secondary N) is 2. The van der Waals surface area contributed by atoms with E-state index in [0.29, 0.717) is 18.1 Å². The number of H-pyrrole nitrogens is 1. The molecule has 9 nitrogen and oxygen atoms in total. The number of ether oxygens (including phenoxy) is 2. The molecule has 4 rings (SSSR count). The zero-order chi connectivity index (χ0) is 29.9. The van der Waals surface area contributed by atoms with Crippen molar-refractivity contribution in [2.75, 3.05) is 6.61 Å². The van der Waals surface area contributed by atoms with Crippen LogP contribution in [0.5, 0.6) is 17.4 Å². The van der Waals surface area contributed by atoms with Gasteiger partial charge in [0.15, 0.2) is 4.90 Å². The molecule has 214 valence electrons. The van der Waals surface area contributed by atoms with Gasteiger partial charge in [-0.25, -0.2) is 22.5 Å². The monoisotopic (exact) mass is 579 g/mol. The Balaban J connectivity index is 1.79. The van der Waals surface area contributed by atoms with Crippen LogP contribution in [0.4, 0.5) is 4.39 Å². The van der Waals surface area contributed by atoms with Gasteiger partial charge in [0.25, 0.3) is 21.5 Å². The van der Waals surface area contributed by atoms with Crippen LogP contribution in [-0.2, 0) is 10.0 Å². The fourth-order valence-electron chi connectivity index (χ4n) is 3.89. The van der Waals surface area contributed by atoms with Crippen LogP contribution < -0.4 is 19.8 Å². The van der Waals surface area contributed by atoms with Gasteiger partial charge in [0.2, 0.25) is 5.88 Å². The van der Waals surface area contributed by atoms with E-state index in [4.69, 9.17) is 9.47 Å². The summed E-state index contributed by atoms with van der Waals surface area (Å²) in [6.45, 7) is 10.1. The molecule has 0 aliphatic heterocycles. The van der Waals surface area contributed by atoms with Crippen LogP contribution in [0.25, 0.3) is 11.3 Å². The summed E-state index contributed by atoms with van der Waals surface area (Å²) in [5.41, 5.74) is 1.86. The summed E-state index contributed by atoms with van der Waals surface area (Å²) in [7, 11) is -4.54. The third-order valence-electron chi connectivity index (χ3n) is 6.42. The average Bonchev–Trinajstić information content (AvgIpc) is 2.92. The fourth-order valence-corrected chi connectivity index (χ4v) is 4.91. The van der Waals surface area contributed by atoms with Gasteiger partial charge in [0, 0.05) is 11.8 Å². The molecule has 0 aliphatic carbocycles. The van der Waals surface area contributed by atoms with Crippen molar-refractivity contribution >= 4 is 15.9 Å². The molecule has 0 radical (unpaired) electrons. The topological polar surface area (TPSA) is 127 Å². The van der Waals surface area contributed by atoms with Crippen molar-refractivity contribution in [2.24, 2.45) is 5.92 Å². The highest BCUT2D eigenvalue weighted by Crippen LogP contribution is 2.33. The van der Waals surface area contributed by atoms with Gasteiger partial charge in [0.05, 0.1) is 12.3 Å². The number of carbonyl (C=O) groups excluding carboxylic acids is 1. The largest absolute Gasteiger partial charge is 0.493 e. The Labute approximate surface area is 237 Å². The third-order valence-corrected chi connectivity index (χ3v) is 7.77. The van der Waals surface area contributed by atoms with Gasteiger partial charge < -0.3 is 14.5 Å². The molecule has 0 unspecified atom stereocenters. The van der Waals surface area contributed by atoms with E-state index < -0.39 is 32.2 Å². The molecule has 0 aliphatic rings. The van der Waals surface area contributed by atoms with Crippen molar-refractivity contribution in [1.29, 1.82) is 0 Å². The molecule has 2 N–H and O–H groups in total. The number of hydrogen-bond donors (Lipinski definition) is 2. The molecule has 41 heavy (non-hydrogen) atoms. The minimum Gasteiger partial charge on any atom is -0.493 e. The Hall–Kier alpha value is -4.51. The number of aromatic amines is 1. The van der Waals surface area contributed by atoms with Crippen LogP contribution in [0.15, 0.2) is 70.5 Å². The number of pyridine rings is 2. The van der Waals surface area contributed by atoms with Gasteiger partial charge in [-0.2, -0.15) is 0 Å². The van der Waals surface area contributed by atoms with Crippen molar-refractivity contribution in [3.8, 4) is 28.6 Å². The molecule has 2 heterocycles. The summed E-state index contributed by atoms with van der Waals surface area (Å²) in [5.74, 6) is -0.849. The van der Waals surface area contributed by atoms with E-state index in [-0.39, 0.29) is 28.6 Å². The summed E-state index contributed by atoms with van der Waals surface area (Å²) in [5, 5.41) is 0. The molecule has 0 atom stereocenters. The molecule has 1 amide bonds. The second-order valence-electron chi connectivity index (χ2n) is 9.93. The van der Waals surface area contributed by atoms with E-state index in [1.54, 1.807) is 6.07 Å². The minimum absolute atomic E-state index is 0.100. The normalized spacial score (nSPS) is 11.4. The summed E-state index contributed by atoms with van der Waals surface area (Å²) < 4.78 is 54.3. The van der Waals surface area contributed by atoms with E-state index in [1.165, 1.54) is 42.6 Å². The van der Waals surface area contributed by atoms with Crippen LogP contribution in [-0.4, -0.2) is 30.9 Å². The number of nitrogens with zero attached hydrogens (tertiary/aromatic N) is 1. The number of amides is 1. The highest BCUT2D eigenvalue weighted by atomic mass is 32.2. The smallest absolute Gasteiger partial charge is 0.270 e. The summed E-state index contributed by atoms with van der Waals surface area (Å²) >= 11 is 0. The summed E-state index contributed by atoms with van der Waals surface area (Å²) in [6, 6.07) is 12.9. The Morgan fingerprint density at radius 1 is 1.05 bits per heavy atom. The van der Waals surface area contributed by atoms with Gasteiger partial charge >= 0.3 is 0 Å². The minimum atomic E-state index is -4.54. The summed E-state index contributed by atoms with van der Waals surface area (Å²) in [6.07, 6.45) is 1.27. The highest BCUT2D eigenvalue weighted by Gasteiger charge is 2.26. The fraction of sp³-hybridized carbons (Fsp3) is 0.233. The lowest BCUT2D eigenvalue weighted by Gasteiger charge is -2.16. The number of aryl methyl sites for hydroxylation is 1. The molecule has 0 saturated carbocycles. The first-order chi connectivity index (χ1) is 19.4. The molecule has 4 aromatic rings. The molecule has 0 fully saturated rings. The Bertz CT molecular complexity index is 1780. The van der Waals surface area contributed by atoms with E-state index in [2.05, 4.69) is 9.97 Å². The lowest BCUT2D eigenvalue weighted by Crippen LogP contribution is -2.34. The van der Waals surface area contributed by atoms with Crippen LogP contribution >= 0.6 is 0 Å². The number of rotatable bonds is 9. The standard InChI is InChI=1S/C30H30FN3O6S/c1-17(2)16-39-21-9-11-24(31)23(15-21)25-12-10-22(28(35)34-41(37,38)27-7-6-14-32-29(27)36)30(33-25)40-26-13-8-18(3)19(4)20(26)5/h6-15,17H,16H2,1-5H3,(H,32,36)(H,34,35). The number of hydrogen-bond acceptors (Lipinski definition) is 7. The quantitative estimate of drug-likeness (QED) is 0.270. The van der Waals surface area contributed by atoms with Gasteiger partial charge in [-0.05, 0) is 91.9 Å². The van der Waals surface area contributed by atoms with Crippen molar-refractivity contribution < 1.29 is 27.1 Å². The SMILES string of the molecule is Cc1ccc(Oc2nc(-c3cc(OCC(C)C)ccc3F)ccc2C(=O)NS(=O)(=O)c2ccc[nH]c2=O)c(C)c1C. The molecule has 0 saturated heterocycles. The molecule has 2 aromatic heterocycles. The second-order valence-corrected chi connectivity index (χ2v) is 11.6. The maximum atomic E-state index is 15.0. The first-order valence-corrected chi connectivity index (χ1v) is 14.3. The summed E-state index contributed by atoms with van der Waals surface area (Å²) in [4.78, 5) is 31.4. The van der Waals surface area contributed by atoms with Crippen LogP contribution in [0.1, 0.15) is 40.9 Å². The molecule has 0 bridgehead atoms. The number of carbonyl (C=O) groups is 1. The third kappa shape index (κ3) is 6.63. The van der Waals surface area contributed by atoms with E-state index in [0.717, 1.165) is 22.8 Å².